The van der Waals surface area contributed by atoms with E-state index in [0.717, 1.165) is 15.4 Å². The van der Waals surface area contributed by atoms with E-state index in [1.165, 1.54) is 19.1 Å². The topological polar surface area (TPSA) is 95.0 Å². The number of fused-ring (bicyclic) bond motifs is 1. The van der Waals surface area contributed by atoms with Gasteiger partial charge in [0.05, 0.1) is 4.90 Å². The number of benzene rings is 1. The smallest absolute Gasteiger partial charge is 0.318 e. The van der Waals surface area contributed by atoms with E-state index in [2.05, 4.69) is 6.58 Å². The predicted molar refractivity (Wildman–Crippen MR) is 92.7 cm³/mol. The molecule has 0 saturated carbocycles. The fourth-order valence-electron chi connectivity index (χ4n) is 2.87. The van der Waals surface area contributed by atoms with Gasteiger partial charge >= 0.3 is 5.97 Å². The van der Waals surface area contributed by atoms with Gasteiger partial charge in [0.15, 0.2) is 0 Å². The van der Waals surface area contributed by atoms with Crippen molar-refractivity contribution in [2.45, 2.75) is 24.7 Å². The highest BCUT2D eigenvalue weighted by molar-refractivity contribution is 7.89. The molecule has 1 aliphatic rings. The largest absolute Gasteiger partial charge is 0.480 e. The van der Waals surface area contributed by atoms with Gasteiger partial charge in [-0.1, -0.05) is 12.1 Å². The maximum absolute atomic E-state index is 12.8. The lowest BCUT2D eigenvalue weighted by Gasteiger charge is -2.19. The Labute approximate surface area is 147 Å². The number of carboxylic acid groups (broad SMARTS) is 1. The zero-order valence-electron chi connectivity index (χ0n) is 14.1. The van der Waals surface area contributed by atoms with Crippen LogP contribution in [0.25, 0.3) is 0 Å². The molecule has 0 unspecified atom stereocenters. The second-order valence-electron chi connectivity index (χ2n) is 5.92. The lowest BCUT2D eigenvalue weighted by Crippen LogP contribution is -2.35. The van der Waals surface area contributed by atoms with Crippen LogP contribution in [0.4, 0.5) is 0 Å². The molecule has 0 aliphatic carbocycles. The summed E-state index contributed by atoms with van der Waals surface area (Å²) in [6.07, 6.45) is 2.59. The van der Waals surface area contributed by atoms with E-state index in [0.29, 0.717) is 25.9 Å². The van der Waals surface area contributed by atoms with Gasteiger partial charge in [-0.15, -0.1) is 6.58 Å². The third-order valence-corrected chi connectivity index (χ3v) is 6.01. The first-order valence-electron chi connectivity index (χ1n) is 7.96. The molecular formula is C17H22N2O5S. The highest BCUT2D eigenvalue weighted by atomic mass is 32.2. The summed E-state index contributed by atoms with van der Waals surface area (Å²) in [7, 11) is -3.93. The van der Waals surface area contributed by atoms with E-state index < -0.39 is 22.5 Å². The van der Waals surface area contributed by atoms with Crippen molar-refractivity contribution in [1.29, 1.82) is 0 Å². The van der Waals surface area contributed by atoms with Crippen molar-refractivity contribution in [1.82, 2.24) is 9.21 Å². The first kappa shape index (κ1) is 19.1. The molecule has 25 heavy (non-hydrogen) atoms. The van der Waals surface area contributed by atoms with Crippen molar-refractivity contribution in [2.24, 2.45) is 0 Å². The average Bonchev–Trinajstić information content (AvgIpc) is 2.76. The molecule has 7 nitrogen and oxygen atoms in total. The molecule has 1 aromatic carbocycles. The molecule has 1 aromatic rings. The standard InChI is InChI=1S/C17H22N2O5S/c1-3-8-19(12-17(21)22)25(23,24)16-5-4-14-6-9-18(13(2)20)10-7-15(14)11-16/h3-5,11H,1,6-10,12H2,2H3,(H,21,22). The van der Waals surface area contributed by atoms with Crippen molar-refractivity contribution in [3.05, 3.63) is 42.0 Å². The zero-order valence-corrected chi connectivity index (χ0v) is 15.0. The lowest BCUT2D eigenvalue weighted by molar-refractivity contribution is -0.137. The summed E-state index contributed by atoms with van der Waals surface area (Å²) >= 11 is 0. The van der Waals surface area contributed by atoms with Crippen molar-refractivity contribution in [3.63, 3.8) is 0 Å². The number of carbonyl (C=O) groups excluding carboxylic acids is 1. The van der Waals surface area contributed by atoms with Crippen LogP contribution in [0.3, 0.4) is 0 Å². The number of aliphatic carboxylic acids is 1. The van der Waals surface area contributed by atoms with Crippen LogP contribution in [-0.2, 0) is 32.5 Å². The van der Waals surface area contributed by atoms with Gasteiger partial charge in [0, 0.05) is 26.6 Å². The fourth-order valence-corrected chi connectivity index (χ4v) is 4.28. The Kier molecular flexibility index (Phi) is 5.97. The van der Waals surface area contributed by atoms with E-state index >= 15 is 0 Å². The number of hydrogen-bond acceptors (Lipinski definition) is 4. The van der Waals surface area contributed by atoms with Crippen molar-refractivity contribution < 1.29 is 23.1 Å². The summed E-state index contributed by atoms with van der Waals surface area (Å²) in [5, 5.41) is 8.95. The molecule has 0 fully saturated rings. The van der Waals surface area contributed by atoms with Gasteiger partial charge in [0.1, 0.15) is 6.54 Å². The minimum Gasteiger partial charge on any atom is -0.480 e. The van der Waals surface area contributed by atoms with Gasteiger partial charge in [-0.3, -0.25) is 9.59 Å². The van der Waals surface area contributed by atoms with E-state index in [1.54, 1.807) is 17.0 Å². The van der Waals surface area contributed by atoms with Crippen LogP contribution in [0.5, 0.6) is 0 Å². The number of hydrogen-bond donors (Lipinski definition) is 1. The molecule has 2 rings (SSSR count). The summed E-state index contributed by atoms with van der Waals surface area (Å²) in [6.45, 7) is 5.45. The van der Waals surface area contributed by atoms with Crippen LogP contribution >= 0.6 is 0 Å². The Morgan fingerprint density at radius 1 is 1.28 bits per heavy atom. The quantitative estimate of drug-likeness (QED) is 0.755. The summed E-state index contributed by atoms with van der Waals surface area (Å²) in [5.74, 6) is -1.23. The number of sulfonamides is 1. The summed E-state index contributed by atoms with van der Waals surface area (Å²) in [6, 6.07) is 4.83. The molecule has 1 N–H and O–H groups in total. The summed E-state index contributed by atoms with van der Waals surface area (Å²) in [5.41, 5.74) is 1.88. The van der Waals surface area contributed by atoms with E-state index in [-0.39, 0.29) is 17.3 Å². The molecule has 1 heterocycles. The Morgan fingerprint density at radius 3 is 2.48 bits per heavy atom. The summed E-state index contributed by atoms with van der Waals surface area (Å²) < 4.78 is 26.4. The monoisotopic (exact) mass is 366 g/mol. The molecule has 1 aliphatic heterocycles. The number of rotatable bonds is 6. The Hall–Kier alpha value is -2.19. The molecule has 0 bridgehead atoms. The molecule has 0 saturated heterocycles. The maximum Gasteiger partial charge on any atom is 0.318 e. The molecule has 1 amide bonds. The number of carbonyl (C=O) groups is 2. The van der Waals surface area contributed by atoms with Crippen LogP contribution in [0.15, 0.2) is 35.7 Å². The highest BCUT2D eigenvalue weighted by Crippen LogP contribution is 2.23. The van der Waals surface area contributed by atoms with Gasteiger partial charge in [-0.05, 0) is 36.1 Å². The van der Waals surface area contributed by atoms with Gasteiger partial charge in [-0.2, -0.15) is 4.31 Å². The Bertz CT molecular complexity index is 788. The molecule has 8 heteroatoms. The zero-order chi connectivity index (χ0) is 18.6. The minimum atomic E-state index is -3.93. The van der Waals surface area contributed by atoms with Crippen LogP contribution in [-0.4, -0.2) is 60.8 Å². The van der Waals surface area contributed by atoms with Crippen LogP contribution in [0.1, 0.15) is 18.1 Å². The first-order valence-corrected chi connectivity index (χ1v) is 9.40. The highest BCUT2D eigenvalue weighted by Gasteiger charge is 2.27. The first-order chi connectivity index (χ1) is 11.8. The van der Waals surface area contributed by atoms with Gasteiger partial charge < -0.3 is 10.0 Å². The Morgan fingerprint density at radius 2 is 1.92 bits per heavy atom. The van der Waals surface area contributed by atoms with Gasteiger partial charge in [0.25, 0.3) is 0 Å². The van der Waals surface area contributed by atoms with E-state index in [9.17, 15) is 18.0 Å². The maximum atomic E-state index is 12.8. The van der Waals surface area contributed by atoms with Crippen molar-refractivity contribution >= 4 is 21.9 Å². The third kappa shape index (κ3) is 4.46. The molecule has 136 valence electrons. The molecule has 0 aromatic heterocycles. The number of amides is 1. The lowest BCUT2D eigenvalue weighted by atomic mass is 10.0. The molecule has 0 spiro atoms. The van der Waals surface area contributed by atoms with Crippen molar-refractivity contribution in [2.75, 3.05) is 26.2 Å². The number of nitrogens with zero attached hydrogens (tertiary/aromatic N) is 2. The number of carboxylic acids is 1. The normalized spacial score (nSPS) is 14.7. The third-order valence-electron chi connectivity index (χ3n) is 4.21. The van der Waals surface area contributed by atoms with E-state index in [4.69, 9.17) is 5.11 Å². The summed E-state index contributed by atoms with van der Waals surface area (Å²) in [4.78, 5) is 24.3. The second kappa shape index (κ2) is 7.79. The van der Waals surface area contributed by atoms with Crippen LogP contribution in [0.2, 0.25) is 0 Å². The SMILES string of the molecule is C=CCN(CC(=O)O)S(=O)(=O)c1ccc2c(c1)CCN(C(C)=O)CC2. The van der Waals surface area contributed by atoms with E-state index in [1.807, 2.05) is 0 Å². The molecular weight excluding hydrogens is 344 g/mol. The fraction of sp³-hybridized carbons (Fsp3) is 0.412. The van der Waals surface area contributed by atoms with Crippen LogP contribution in [0, 0.1) is 0 Å². The van der Waals surface area contributed by atoms with Crippen molar-refractivity contribution in [3.8, 4) is 0 Å². The second-order valence-corrected chi connectivity index (χ2v) is 7.85. The Balaban J connectivity index is 2.33. The van der Waals surface area contributed by atoms with Gasteiger partial charge in [0.2, 0.25) is 15.9 Å². The predicted octanol–water partition coefficient (Wildman–Crippen LogP) is 0.895. The minimum absolute atomic E-state index is 0.000678. The van der Waals surface area contributed by atoms with Crippen LogP contribution < -0.4 is 0 Å². The van der Waals surface area contributed by atoms with Gasteiger partial charge in [-0.25, -0.2) is 8.42 Å². The molecule has 0 radical (unpaired) electrons. The average molecular weight is 366 g/mol. The molecule has 0 atom stereocenters.